The molecule has 1 saturated heterocycles. The van der Waals surface area contributed by atoms with E-state index in [0.717, 1.165) is 12.2 Å². The molecule has 1 unspecified atom stereocenters. The highest BCUT2D eigenvalue weighted by Crippen LogP contribution is 2.24. The number of hydrogen-bond donors (Lipinski definition) is 0. The van der Waals surface area contributed by atoms with Crippen LogP contribution in [0.4, 0.5) is 13.2 Å². The molecule has 0 radical (unpaired) electrons. The number of oxime groups is 1. The van der Waals surface area contributed by atoms with Crippen molar-refractivity contribution in [2.45, 2.75) is 24.8 Å². The topological polar surface area (TPSA) is 21.6 Å². The fourth-order valence-electron chi connectivity index (χ4n) is 0.948. The van der Waals surface area contributed by atoms with Crippen LogP contribution in [0.3, 0.4) is 0 Å². The van der Waals surface area contributed by atoms with E-state index >= 15 is 0 Å². The van der Waals surface area contributed by atoms with Crippen molar-refractivity contribution in [3.05, 3.63) is 0 Å². The predicted molar refractivity (Wildman–Crippen MR) is 46.0 cm³/mol. The van der Waals surface area contributed by atoms with Crippen molar-refractivity contribution in [1.82, 2.24) is 0 Å². The van der Waals surface area contributed by atoms with Gasteiger partial charge in [-0.1, -0.05) is 5.16 Å². The van der Waals surface area contributed by atoms with Gasteiger partial charge in [-0.2, -0.15) is 24.9 Å². The lowest BCUT2D eigenvalue weighted by molar-refractivity contribution is -0.173. The van der Waals surface area contributed by atoms with Crippen molar-refractivity contribution < 1.29 is 18.0 Å². The molecule has 13 heavy (non-hydrogen) atoms. The van der Waals surface area contributed by atoms with Crippen LogP contribution in [0.1, 0.15) is 13.3 Å². The zero-order valence-electron chi connectivity index (χ0n) is 7.10. The largest absolute Gasteiger partial charge is 0.425 e. The smallest absolute Gasteiger partial charge is 0.386 e. The van der Waals surface area contributed by atoms with Gasteiger partial charge in [-0.05, 0) is 19.1 Å². The Morgan fingerprint density at radius 2 is 2.31 bits per heavy atom. The van der Waals surface area contributed by atoms with Gasteiger partial charge in [0, 0.05) is 5.25 Å². The van der Waals surface area contributed by atoms with Gasteiger partial charge in [0.2, 0.25) is 6.61 Å². The fraction of sp³-hybridized carbons (Fsp3) is 0.857. The summed E-state index contributed by atoms with van der Waals surface area (Å²) >= 11 is 1.67. The maximum Gasteiger partial charge on any atom is 0.425 e. The molecule has 0 amide bonds. The van der Waals surface area contributed by atoms with E-state index in [2.05, 4.69) is 9.99 Å². The van der Waals surface area contributed by atoms with Crippen LogP contribution in [-0.4, -0.2) is 29.5 Å². The summed E-state index contributed by atoms with van der Waals surface area (Å²) in [5.74, 6) is 0.912. The summed E-state index contributed by atoms with van der Waals surface area (Å²) in [6.07, 6.45) is -3.57. The Morgan fingerprint density at radius 1 is 1.62 bits per heavy atom. The number of nitrogens with zero attached hydrogens (tertiary/aromatic N) is 1. The molecule has 0 aromatic rings. The molecule has 2 nitrogen and oxygen atoms in total. The second-order valence-corrected chi connectivity index (χ2v) is 4.18. The lowest BCUT2D eigenvalue weighted by atomic mass is 10.2. The highest BCUT2D eigenvalue weighted by Gasteiger charge is 2.29. The van der Waals surface area contributed by atoms with E-state index in [1.165, 1.54) is 0 Å². The van der Waals surface area contributed by atoms with Crippen LogP contribution in [-0.2, 0) is 4.84 Å². The molecule has 0 spiro atoms. The molecule has 0 aliphatic carbocycles. The molecule has 0 saturated carbocycles. The normalized spacial score (nSPS) is 26.8. The number of alkyl halides is 3. The number of halogens is 3. The van der Waals surface area contributed by atoms with Gasteiger partial charge in [0.25, 0.3) is 0 Å². The monoisotopic (exact) mass is 213 g/mol. The highest BCUT2D eigenvalue weighted by atomic mass is 32.2. The molecule has 0 N–H and O–H groups in total. The van der Waals surface area contributed by atoms with Crippen molar-refractivity contribution >= 4 is 17.5 Å². The van der Waals surface area contributed by atoms with Gasteiger partial charge >= 0.3 is 6.18 Å². The summed E-state index contributed by atoms with van der Waals surface area (Å²) in [6.45, 7) is 0.612. The third-order valence-corrected chi connectivity index (χ3v) is 2.82. The quantitative estimate of drug-likeness (QED) is 0.657. The van der Waals surface area contributed by atoms with E-state index in [0.29, 0.717) is 5.71 Å². The molecule has 1 atom stereocenters. The Morgan fingerprint density at radius 3 is 2.77 bits per heavy atom. The molecule has 1 fully saturated rings. The maximum absolute atomic E-state index is 11.6. The molecular weight excluding hydrogens is 203 g/mol. The van der Waals surface area contributed by atoms with E-state index in [9.17, 15) is 13.2 Å². The lowest BCUT2D eigenvalue weighted by Gasteiger charge is -2.05. The minimum Gasteiger partial charge on any atom is -0.386 e. The van der Waals surface area contributed by atoms with Crippen molar-refractivity contribution in [3.63, 3.8) is 0 Å². The third kappa shape index (κ3) is 3.89. The number of thioether (sulfide) groups is 1. The van der Waals surface area contributed by atoms with E-state index in [-0.39, 0.29) is 5.25 Å². The first-order valence-corrected chi connectivity index (χ1v) is 4.91. The summed E-state index contributed by atoms with van der Waals surface area (Å²) in [4.78, 5) is 4.20. The second kappa shape index (κ2) is 4.21. The molecule has 6 heteroatoms. The van der Waals surface area contributed by atoms with Crippen molar-refractivity contribution in [2.24, 2.45) is 5.16 Å². The van der Waals surface area contributed by atoms with Crippen LogP contribution in [0.25, 0.3) is 0 Å². The lowest BCUT2D eigenvalue weighted by Crippen LogP contribution is -2.16. The van der Waals surface area contributed by atoms with Gasteiger partial charge in [-0.3, -0.25) is 0 Å². The maximum atomic E-state index is 11.6. The van der Waals surface area contributed by atoms with Crippen LogP contribution >= 0.6 is 11.8 Å². The average molecular weight is 213 g/mol. The Labute approximate surface area is 78.5 Å². The molecule has 0 aromatic heterocycles. The Balaban J connectivity index is 2.31. The molecule has 0 bridgehead atoms. The molecule has 1 aliphatic rings. The Kier molecular flexibility index (Phi) is 3.47. The Bertz CT molecular complexity index is 204. The summed E-state index contributed by atoms with van der Waals surface area (Å²) < 4.78 is 34.9. The fourth-order valence-corrected chi connectivity index (χ4v) is 1.98. The Hall–Kier alpha value is -0.390. The van der Waals surface area contributed by atoms with E-state index < -0.39 is 12.8 Å². The summed E-state index contributed by atoms with van der Waals surface area (Å²) in [5.41, 5.74) is 0.717. The third-order valence-electron chi connectivity index (χ3n) is 1.61. The van der Waals surface area contributed by atoms with E-state index in [4.69, 9.17) is 0 Å². The molecule has 1 heterocycles. The van der Waals surface area contributed by atoms with Crippen molar-refractivity contribution in [1.29, 1.82) is 0 Å². The van der Waals surface area contributed by atoms with Crippen LogP contribution in [0.15, 0.2) is 5.16 Å². The first-order chi connectivity index (χ1) is 5.99. The summed E-state index contributed by atoms with van der Waals surface area (Å²) in [6, 6.07) is 0. The molecular formula is C7H10F3NOS. The standard InChI is InChI=1S/C7H10F3NOS/c1-5-6(2-3-13-5)11-12-4-7(8,9)10/h5H,2-4H2,1H3/b11-6+. The van der Waals surface area contributed by atoms with Crippen LogP contribution in [0.5, 0.6) is 0 Å². The highest BCUT2D eigenvalue weighted by molar-refractivity contribution is 8.01. The van der Waals surface area contributed by atoms with Crippen molar-refractivity contribution in [3.8, 4) is 0 Å². The van der Waals surface area contributed by atoms with Gasteiger partial charge in [0.15, 0.2) is 0 Å². The number of rotatable bonds is 2. The first-order valence-electron chi connectivity index (χ1n) is 3.86. The first kappa shape index (κ1) is 10.7. The average Bonchev–Trinajstić information content (AvgIpc) is 2.34. The zero-order valence-corrected chi connectivity index (χ0v) is 7.91. The molecule has 76 valence electrons. The molecule has 1 rings (SSSR count). The second-order valence-electron chi connectivity index (χ2n) is 2.73. The predicted octanol–water partition coefficient (Wildman–Crippen LogP) is 2.45. The minimum atomic E-state index is -4.29. The zero-order chi connectivity index (χ0) is 9.90. The summed E-state index contributed by atoms with van der Waals surface area (Å²) in [7, 11) is 0. The van der Waals surface area contributed by atoms with Gasteiger partial charge < -0.3 is 4.84 Å². The minimum absolute atomic E-state index is 0.188. The van der Waals surface area contributed by atoms with Crippen LogP contribution in [0.2, 0.25) is 0 Å². The molecule has 0 aromatic carbocycles. The van der Waals surface area contributed by atoms with Crippen LogP contribution in [0, 0.1) is 0 Å². The van der Waals surface area contributed by atoms with Crippen LogP contribution < -0.4 is 0 Å². The van der Waals surface area contributed by atoms with Gasteiger partial charge in [-0.25, -0.2) is 0 Å². The SMILES string of the molecule is CC1SCC/C1=N\OCC(F)(F)F. The van der Waals surface area contributed by atoms with Gasteiger partial charge in [-0.15, -0.1) is 0 Å². The number of hydrogen-bond acceptors (Lipinski definition) is 3. The van der Waals surface area contributed by atoms with E-state index in [1.807, 2.05) is 6.92 Å². The molecule has 1 aliphatic heterocycles. The van der Waals surface area contributed by atoms with E-state index in [1.54, 1.807) is 11.8 Å². The van der Waals surface area contributed by atoms with Gasteiger partial charge in [0.1, 0.15) is 0 Å². The summed E-state index contributed by atoms with van der Waals surface area (Å²) in [5, 5.41) is 3.65. The van der Waals surface area contributed by atoms with Gasteiger partial charge in [0.05, 0.1) is 5.71 Å². The van der Waals surface area contributed by atoms with Crippen molar-refractivity contribution in [2.75, 3.05) is 12.4 Å².